The zero-order valence-corrected chi connectivity index (χ0v) is 11.7. The van der Waals surface area contributed by atoms with E-state index in [4.69, 9.17) is 17.3 Å². The second-order valence-electron chi connectivity index (χ2n) is 4.10. The van der Waals surface area contributed by atoms with Gasteiger partial charge in [0.05, 0.1) is 33.2 Å². The number of halogens is 1. The van der Waals surface area contributed by atoms with Crippen LogP contribution in [-0.2, 0) is 0 Å². The van der Waals surface area contributed by atoms with Crippen molar-refractivity contribution in [3.8, 4) is 0 Å². The second kappa shape index (κ2) is 5.07. The lowest BCUT2D eigenvalue weighted by atomic mass is 10.2. The normalized spacial score (nSPS) is 10.7. The lowest BCUT2D eigenvalue weighted by Gasteiger charge is -2.07. The Morgan fingerprint density at radius 1 is 1.30 bits per heavy atom. The number of aromatic nitrogens is 2. The van der Waals surface area contributed by atoms with E-state index in [1.807, 2.05) is 12.1 Å². The summed E-state index contributed by atoms with van der Waals surface area (Å²) in [6, 6.07) is 6.99. The van der Waals surface area contributed by atoms with Crippen LogP contribution in [0.1, 0.15) is 10.4 Å². The maximum absolute atomic E-state index is 12.2. The van der Waals surface area contributed by atoms with Crippen molar-refractivity contribution in [2.45, 2.75) is 0 Å². The molecule has 3 N–H and O–H groups in total. The van der Waals surface area contributed by atoms with E-state index in [-0.39, 0.29) is 16.6 Å². The molecule has 0 atom stereocenters. The number of benzene rings is 1. The SMILES string of the molecule is Nc1cnc(Cl)c(C(=O)Nc2ccc3ncsc3c2)c1. The highest BCUT2D eigenvalue weighted by atomic mass is 35.5. The van der Waals surface area contributed by atoms with Crippen molar-refractivity contribution in [3.63, 3.8) is 0 Å². The first-order valence-corrected chi connectivity index (χ1v) is 6.95. The van der Waals surface area contributed by atoms with Gasteiger partial charge in [-0.15, -0.1) is 11.3 Å². The van der Waals surface area contributed by atoms with Crippen LogP contribution in [0.15, 0.2) is 36.0 Å². The summed E-state index contributed by atoms with van der Waals surface area (Å²) < 4.78 is 1.000. The van der Waals surface area contributed by atoms with Crippen LogP contribution in [-0.4, -0.2) is 15.9 Å². The van der Waals surface area contributed by atoms with Crippen molar-refractivity contribution in [3.05, 3.63) is 46.7 Å². The molecule has 0 unspecified atom stereocenters. The molecule has 1 amide bonds. The molecule has 0 saturated carbocycles. The molecule has 7 heteroatoms. The number of nitrogens with two attached hydrogens (primary N) is 1. The molecule has 0 aliphatic carbocycles. The zero-order chi connectivity index (χ0) is 14.1. The van der Waals surface area contributed by atoms with Crippen LogP contribution in [0.25, 0.3) is 10.2 Å². The fourth-order valence-corrected chi connectivity index (χ4v) is 2.66. The number of nitrogens with one attached hydrogen (secondary N) is 1. The van der Waals surface area contributed by atoms with Crippen LogP contribution in [0, 0.1) is 0 Å². The number of nitrogens with zero attached hydrogens (tertiary/aromatic N) is 2. The molecular formula is C13H9ClN4OS. The third-order valence-corrected chi connectivity index (χ3v) is 3.79. The van der Waals surface area contributed by atoms with E-state index < -0.39 is 0 Å². The number of nitrogen functional groups attached to an aromatic ring is 1. The maximum atomic E-state index is 12.2. The van der Waals surface area contributed by atoms with E-state index >= 15 is 0 Å². The summed E-state index contributed by atoms with van der Waals surface area (Å²) >= 11 is 7.41. The van der Waals surface area contributed by atoms with Crippen molar-refractivity contribution in [1.82, 2.24) is 9.97 Å². The molecule has 0 aliphatic heterocycles. The second-order valence-corrected chi connectivity index (χ2v) is 5.34. The topological polar surface area (TPSA) is 80.9 Å². The number of carbonyl (C=O) groups is 1. The number of anilines is 2. The number of rotatable bonds is 2. The third kappa shape index (κ3) is 2.43. The van der Waals surface area contributed by atoms with Crippen LogP contribution in [0.2, 0.25) is 5.15 Å². The Morgan fingerprint density at radius 3 is 3.00 bits per heavy atom. The summed E-state index contributed by atoms with van der Waals surface area (Å²) in [5.74, 6) is -0.348. The lowest BCUT2D eigenvalue weighted by molar-refractivity contribution is 0.102. The van der Waals surface area contributed by atoms with Crippen molar-refractivity contribution >= 4 is 50.4 Å². The summed E-state index contributed by atoms with van der Waals surface area (Å²) in [6.07, 6.45) is 1.41. The number of thiazole rings is 1. The van der Waals surface area contributed by atoms with E-state index in [1.165, 1.54) is 23.6 Å². The summed E-state index contributed by atoms with van der Waals surface area (Å²) in [5.41, 5.74) is 9.57. The molecule has 0 aliphatic rings. The zero-order valence-electron chi connectivity index (χ0n) is 10.1. The summed E-state index contributed by atoms with van der Waals surface area (Å²) in [6.45, 7) is 0. The largest absolute Gasteiger partial charge is 0.397 e. The van der Waals surface area contributed by atoms with E-state index in [0.717, 1.165) is 10.2 Å². The highest BCUT2D eigenvalue weighted by molar-refractivity contribution is 7.16. The minimum Gasteiger partial charge on any atom is -0.397 e. The predicted octanol–water partition coefficient (Wildman–Crippen LogP) is 3.18. The van der Waals surface area contributed by atoms with Crippen molar-refractivity contribution in [2.75, 3.05) is 11.1 Å². The number of carbonyl (C=O) groups excluding carboxylic acids is 1. The highest BCUT2D eigenvalue weighted by Gasteiger charge is 2.12. The number of amides is 1. The first kappa shape index (κ1) is 12.8. The Hall–Kier alpha value is -2.18. The molecule has 0 saturated heterocycles. The summed E-state index contributed by atoms with van der Waals surface area (Å²) in [5, 5.41) is 2.89. The quantitative estimate of drug-likeness (QED) is 0.712. The number of hydrogen-bond acceptors (Lipinski definition) is 5. The van der Waals surface area contributed by atoms with E-state index in [9.17, 15) is 4.79 Å². The molecular weight excluding hydrogens is 296 g/mol. The summed E-state index contributed by atoms with van der Waals surface area (Å²) in [7, 11) is 0. The van der Waals surface area contributed by atoms with Gasteiger partial charge in [-0.05, 0) is 24.3 Å². The molecule has 2 heterocycles. The van der Waals surface area contributed by atoms with Crippen LogP contribution in [0.5, 0.6) is 0 Å². The Bertz CT molecular complexity index is 802. The summed E-state index contributed by atoms with van der Waals surface area (Å²) in [4.78, 5) is 20.2. The van der Waals surface area contributed by atoms with Crippen molar-refractivity contribution < 1.29 is 4.79 Å². The van der Waals surface area contributed by atoms with Crippen molar-refractivity contribution in [2.24, 2.45) is 0 Å². The van der Waals surface area contributed by atoms with Gasteiger partial charge < -0.3 is 11.1 Å². The molecule has 5 nitrogen and oxygen atoms in total. The van der Waals surface area contributed by atoms with Gasteiger partial charge in [-0.1, -0.05) is 11.6 Å². The molecule has 0 fully saturated rings. The van der Waals surface area contributed by atoms with Crippen molar-refractivity contribution in [1.29, 1.82) is 0 Å². The third-order valence-electron chi connectivity index (χ3n) is 2.69. The highest BCUT2D eigenvalue weighted by Crippen LogP contribution is 2.23. The number of hydrogen-bond donors (Lipinski definition) is 2. The first-order chi connectivity index (χ1) is 9.63. The molecule has 3 rings (SSSR count). The Kier molecular flexibility index (Phi) is 3.25. The van der Waals surface area contributed by atoms with Gasteiger partial charge in [0, 0.05) is 5.69 Å². The maximum Gasteiger partial charge on any atom is 0.258 e. The minimum atomic E-state index is -0.348. The molecule has 0 radical (unpaired) electrons. The van der Waals surface area contributed by atoms with Crippen LogP contribution < -0.4 is 11.1 Å². The molecule has 0 spiro atoms. The molecule has 1 aromatic carbocycles. The minimum absolute atomic E-state index is 0.121. The monoisotopic (exact) mass is 304 g/mol. The van der Waals surface area contributed by atoms with Gasteiger partial charge in [-0.3, -0.25) is 4.79 Å². The first-order valence-electron chi connectivity index (χ1n) is 5.69. The van der Waals surface area contributed by atoms with Gasteiger partial charge in [0.2, 0.25) is 0 Å². The van der Waals surface area contributed by atoms with Crippen LogP contribution >= 0.6 is 22.9 Å². The molecule has 2 aromatic heterocycles. The van der Waals surface area contributed by atoms with Gasteiger partial charge >= 0.3 is 0 Å². The van der Waals surface area contributed by atoms with Crippen LogP contribution in [0.3, 0.4) is 0 Å². The lowest BCUT2D eigenvalue weighted by Crippen LogP contribution is -2.13. The fraction of sp³-hybridized carbons (Fsp3) is 0. The Balaban J connectivity index is 1.89. The number of fused-ring (bicyclic) bond motifs is 1. The molecule has 3 aromatic rings. The fourth-order valence-electron chi connectivity index (χ4n) is 1.75. The van der Waals surface area contributed by atoms with Gasteiger partial charge in [-0.25, -0.2) is 9.97 Å². The Morgan fingerprint density at radius 2 is 2.15 bits per heavy atom. The Labute approximate surface area is 123 Å². The van der Waals surface area contributed by atoms with Gasteiger partial charge in [0.25, 0.3) is 5.91 Å². The van der Waals surface area contributed by atoms with Gasteiger partial charge in [0.1, 0.15) is 5.15 Å². The standard InChI is InChI=1S/C13H9ClN4OS/c14-12-9(3-7(15)5-16-12)13(19)18-8-1-2-10-11(4-8)20-6-17-10/h1-6H,15H2,(H,18,19). The number of pyridine rings is 1. The average Bonchev–Trinajstić information content (AvgIpc) is 2.89. The predicted molar refractivity (Wildman–Crippen MR) is 81.2 cm³/mol. The smallest absolute Gasteiger partial charge is 0.258 e. The molecule has 0 bridgehead atoms. The van der Waals surface area contributed by atoms with Crippen LogP contribution in [0.4, 0.5) is 11.4 Å². The van der Waals surface area contributed by atoms with E-state index in [1.54, 1.807) is 11.6 Å². The van der Waals surface area contributed by atoms with Gasteiger partial charge in [0.15, 0.2) is 0 Å². The van der Waals surface area contributed by atoms with E-state index in [2.05, 4.69) is 15.3 Å². The molecule has 100 valence electrons. The van der Waals surface area contributed by atoms with E-state index in [0.29, 0.717) is 11.4 Å². The molecule has 20 heavy (non-hydrogen) atoms. The van der Waals surface area contributed by atoms with Gasteiger partial charge in [-0.2, -0.15) is 0 Å². The average molecular weight is 305 g/mol.